The molecule has 0 radical (unpaired) electrons. The predicted octanol–water partition coefficient (Wildman–Crippen LogP) is 2.49. The maximum Gasteiger partial charge on any atom is 0.307 e. The number of para-hydroxylation sites is 1. The molecule has 4 rings (SSSR count). The molecule has 1 atom stereocenters. The second kappa shape index (κ2) is 9.95. The Morgan fingerprint density at radius 1 is 1.21 bits per heavy atom. The van der Waals surface area contributed by atoms with Gasteiger partial charge in [-0.3, -0.25) is 19.0 Å². The summed E-state index contributed by atoms with van der Waals surface area (Å²) in [7, 11) is 1.30. The van der Waals surface area contributed by atoms with E-state index in [-0.39, 0.29) is 31.2 Å². The summed E-state index contributed by atoms with van der Waals surface area (Å²) in [6.45, 7) is 2.36. The molecule has 2 heterocycles. The summed E-state index contributed by atoms with van der Waals surface area (Å²) in [5.41, 5.74) is 1.15. The molecule has 9 nitrogen and oxygen atoms in total. The van der Waals surface area contributed by atoms with Crippen LogP contribution in [0, 0.1) is 0 Å². The van der Waals surface area contributed by atoms with E-state index in [2.05, 4.69) is 10.3 Å². The molecule has 0 saturated heterocycles. The summed E-state index contributed by atoms with van der Waals surface area (Å²) < 4.78 is 16.8. The summed E-state index contributed by atoms with van der Waals surface area (Å²) in [4.78, 5) is 42.0. The third kappa shape index (κ3) is 5.11. The number of amides is 1. The van der Waals surface area contributed by atoms with Gasteiger partial charge in [0.15, 0.2) is 16.7 Å². The molecule has 1 N–H and O–H groups in total. The highest BCUT2D eigenvalue weighted by molar-refractivity contribution is 8.00. The minimum atomic E-state index is -0.531. The van der Waals surface area contributed by atoms with Crippen LogP contribution in [-0.2, 0) is 27.4 Å². The zero-order valence-corrected chi connectivity index (χ0v) is 19.0. The molecule has 1 unspecified atom stereocenters. The minimum Gasteiger partial charge on any atom is -0.469 e. The van der Waals surface area contributed by atoms with E-state index in [1.807, 2.05) is 12.1 Å². The molecule has 0 saturated carbocycles. The summed E-state index contributed by atoms with van der Waals surface area (Å²) in [6, 6.07) is 12.5. The lowest BCUT2D eigenvalue weighted by molar-refractivity contribution is -0.140. The zero-order valence-electron chi connectivity index (χ0n) is 18.2. The first-order valence-corrected chi connectivity index (χ1v) is 11.2. The molecule has 1 amide bonds. The average molecular weight is 470 g/mol. The molecule has 33 heavy (non-hydrogen) atoms. The van der Waals surface area contributed by atoms with Gasteiger partial charge in [0.25, 0.3) is 5.56 Å². The van der Waals surface area contributed by atoms with Crippen LogP contribution in [0.25, 0.3) is 10.9 Å². The smallest absolute Gasteiger partial charge is 0.307 e. The molecule has 0 aliphatic carbocycles. The Morgan fingerprint density at radius 3 is 2.82 bits per heavy atom. The number of fused-ring (bicyclic) bond motifs is 2. The number of nitrogens with one attached hydrogen (secondary N) is 1. The quantitative estimate of drug-likeness (QED) is 0.305. The zero-order chi connectivity index (χ0) is 23.4. The van der Waals surface area contributed by atoms with Crippen LogP contribution in [0.4, 0.5) is 0 Å². The van der Waals surface area contributed by atoms with Gasteiger partial charge in [0, 0.05) is 13.1 Å². The molecule has 0 fully saturated rings. The highest BCUT2D eigenvalue weighted by Crippen LogP contribution is 2.32. The van der Waals surface area contributed by atoms with Crippen molar-refractivity contribution in [1.29, 1.82) is 0 Å². The van der Waals surface area contributed by atoms with Crippen molar-refractivity contribution in [2.45, 2.75) is 36.8 Å². The lowest BCUT2D eigenvalue weighted by Gasteiger charge is -2.16. The van der Waals surface area contributed by atoms with Gasteiger partial charge >= 0.3 is 5.97 Å². The largest absolute Gasteiger partial charge is 0.469 e. The number of hydrogen-bond acceptors (Lipinski definition) is 8. The number of esters is 1. The van der Waals surface area contributed by atoms with Gasteiger partial charge in [-0.2, -0.15) is 0 Å². The Hall–Kier alpha value is -3.53. The van der Waals surface area contributed by atoms with E-state index in [9.17, 15) is 14.4 Å². The van der Waals surface area contributed by atoms with Gasteiger partial charge in [-0.25, -0.2) is 4.98 Å². The van der Waals surface area contributed by atoms with E-state index >= 15 is 0 Å². The van der Waals surface area contributed by atoms with Crippen molar-refractivity contribution < 1.29 is 23.8 Å². The molecule has 1 aliphatic heterocycles. The van der Waals surface area contributed by atoms with Crippen molar-refractivity contribution in [3.8, 4) is 11.5 Å². The van der Waals surface area contributed by atoms with E-state index < -0.39 is 11.2 Å². The van der Waals surface area contributed by atoms with Crippen molar-refractivity contribution >= 4 is 34.5 Å². The van der Waals surface area contributed by atoms with Gasteiger partial charge in [0.05, 0.1) is 29.7 Å². The third-order valence-electron chi connectivity index (χ3n) is 5.15. The molecule has 172 valence electrons. The normalized spacial score (nSPS) is 13.0. The monoisotopic (exact) mass is 469 g/mol. The highest BCUT2D eigenvalue weighted by Gasteiger charge is 2.20. The van der Waals surface area contributed by atoms with Crippen LogP contribution in [0.5, 0.6) is 11.5 Å². The predicted molar refractivity (Wildman–Crippen MR) is 122 cm³/mol. The Balaban J connectivity index is 1.49. The van der Waals surface area contributed by atoms with Gasteiger partial charge in [-0.1, -0.05) is 30.0 Å². The molecule has 3 aromatic rings. The first-order chi connectivity index (χ1) is 16.0. The van der Waals surface area contributed by atoms with Crippen LogP contribution in [0.1, 0.15) is 18.9 Å². The summed E-state index contributed by atoms with van der Waals surface area (Å²) in [5, 5.41) is 3.18. The van der Waals surface area contributed by atoms with Crippen LogP contribution < -0.4 is 20.3 Å². The maximum absolute atomic E-state index is 13.0. The Labute approximate surface area is 194 Å². The van der Waals surface area contributed by atoms with Crippen molar-refractivity contribution in [3.63, 3.8) is 0 Å². The fourth-order valence-corrected chi connectivity index (χ4v) is 4.29. The van der Waals surface area contributed by atoms with Gasteiger partial charge in [0.1, 0.15) is 0 Å². The Bertz CT molecular complexity index is 1260. The van der Waals surface area contributed by atoms with Crippen molar-refractivity contribution in [2.24, 2.45) is 0 Å². The summed E-state index contributed by atoms with van der Waals surface area (Å²) >= 11 is 1.16. The maximum atomic E-state index is 13.0. The van der Waals surface area contributed by atoms with Crippen LogP contribution in [0.2, 0.25) is 0 Å². The number of benzene rings is 2. The topological polar surface area (TPSA) is 109 Å². The molecule has 0 bridgehead atoms. The number of rotatable bonds is 8. The van der Waals surface area contributed by atoms with Crippen LogP contribution >= 0.6 is 11.8 Å². The summed E-state index contributed by atoms with van der Waals surface area (Å²) in [5.74, 6) is 0.695. The standard InChI is InChI=1S/C23H23N3O6S/c1-14(21(28)24-12-15-7-8-18-19(11-15)32-13-31-18)33-23-25-17-6-4-3-5-16(17)22(29)26(23)10-9-20(27)30-2/h3-8,11,14H,9-10,12-13H2,1-2H3,(H,24,28). The lowest BCUT2D eigenvalue weighted by Crippen LogP contribution is -2.32. The minimum absolute atomic E-state index is 0.0225. The second-order valence-electron chi connectivity index (χ2n) is 7.36. The van der Waals surface area contributed by atoms with E-state index in [0.717, 1.165) is 17.3 Å². The number of methoxy groups -OCH3 is 1. The number of hydrogen-bond donors (Lipinski definition) is 1. The number of nitrogens with zero attached hydrogens (tertiary/aromatic N) is 2. The first-order valence-electron chi connectivity index (χ1n) is 10.4. The molecule has 1 aliphatic rings. The van der Waals surface area contributed by atoms with Gasteiger partial charge in [-0.15, -0.1) is 0 Å². The second-order valence-corrected chi connectivity index (χ2v) is 8.67. The number of thioether (sulfide) groups is 1. The van der Waals surface area contributed by atoms with E-state index in [1.165, 1.54) is 11.7 Å². The van der Waals surface area contributed by atoms with Crippen LogP contribution in [-0.4, -0.2) is 40.6 Å². The Morgan fingerprint density at radius 2 is 2.00 bits per heavy atom. The lowest BCUT2D eigenvalue weighted by atomic mass is 10.2. The highest BCUT2D eigenvalue weighted by atomic mass is 32.2. The number of aromatic nitrogens is 2. The van der Waals surface area contributed by atoms with Crippen molar-refractivity contribution in [2.75, 3.05) is 13.9 Å². The van der Waals surface area contributed by atoms with Gasteiger partial charge in [-0.05, 0) is 36.8 Å². The van der Waals surface area contributed by atoms with E-state index in [4.69, 9.17) is 14.2 Å². The first kappa shape index (κ1) is 22.7. The number of carbonyl (C=O) groups excluding carboxylic acids is 2. The van der Waals surface area contributed by atoms with E-state index in [0.29, 0.717) is 34.1 Å². The van der Waals surface area contributed by atoms with Crippen molar-refractivity contribution in [1.82, 2.24) is 14.9 Å². The fourth-order valence-electron chi connectivity index (χ4n) is 3.34. The molecule has 10 heteroatoms. The van der Waals surface area contributed by atoms with Crippen LogP contribution in [0.3, 0.4) is 0 Å². The van der Waals surface area contributed by atoms with Gasteiger partial charge in [0.2, 0.25) is 12.7 Å². The Kier molecular flexibility index (Phi) is 6.83. The number of ether oxygens (including phenoxy) is 3. The molecule has 0 spiro atoms. The van der Waals surface area contributed by atoms with E-state index in [1.54, 1.807) is 37.3 Å². The fraction of sp³-hybridized carbons (Fsp3) is 0.304. The molecular formula is C23H23N3O6S. The van der Waals surface area contributed by atoms with Gasteiger partial charge < -0.3 is 19.5 Å². The molecule has 2 aromatic carbocycles. The SMILES string of the molecule is COC(=O)CCn1c(SC(C)C(=O)NCc2ccc3c(c2)OCO3)nc2ccccc2c1=O. The average Bonchev–Trinajstić information content (AvgIpc) is 3.30. The number of carbonyl (C=O) groups is 2. The molecular weight excluding hydrogens is 446 g/mol. The third-order valence-corrected chi connectivity index (χ3v) is 6.24. The summed E-state index contributed by atoms with van der Waals surface area (Å²) in [6.07, 6.45) is 0.0225. The van der Waals surface area contributed by atoms with Crippen molar-refractivity contribution in [3.05, 3.63) is 58.4 Å². The molecule has 1 aromatic heterocycles. The van der Waals surface area contributed by atoms with Crippen LogP contribution in [0.15, 0.2) is 52.4 Å².